The summed E-state index contributed by atoms with van der Waals surface area (Å²) in [6.45, 7) is 2.53. The number of ketones is 1. The van der Waals surface area contributed by atoms with Crippen molar-refractivity contribution < 1.29 is 24.4 Å². The number of unbranched alkanes of at least 4 members (excludes halogenated alkanes) is 8. The van der Waals surface area contributed by atoms with Crippen LogP contribution in [0.4, 0.5) is 0 Å². The van der Waals surface area contributed by atoms with E-state index in [2.05, 4.69) is 11.9 Å². The molecule has 0 aliphatic carbocycles. The van der Waals surface area contributed by atoms with E-state index in [1.54, 1.807) is 10.8 Å². The number of carboxylic acid groups (broad SMARTS) is 1. The number of aliphatic carboxylic acids is 1. The maximum atomic E-state index is 12.3. The van der Waals surface area contributed by atoms with Gasteiger partial charge in [0, 0.05) is 6.42 Å². The summed E-state index contributed by atoms with van der Waals surface area (Å²) in [4.78, 5) is 26.1. The molecule has 1 aromatic rings. The van der Waals surface area contributed by atoms with Crippen LogP contribution in [-0.2, 0) is 17.8 Å². The Hall–Kier alpha value is -1.69. The molecule has 0 spiro atoms. The average Bonchev–Trinajstić information content (AvgIpc) is 3.02. The molecule has 3 N–H and O–H groups in total. The molecule has 1 aromatic heterocycles. The van der Waals surface area contributed by atoms with Crippen molar-refractivity contribution in [2.45, 2.75) is 90.5 Å². The summed E-state index contributed by atoms with van der Waals surface area (Å²) in [5, 5.41) is 17.9. The highest BCUT2D eigenvalue weighted by Gasteiger charge is 2.20. The molecule has 0 radical (unpaired) electrons. The van der Waals surface area contributed by atoms with Gasteiger partial charge in [-0.1, -0.05) is 58.3 Å². The van der Waals surface area contributed by atoms with Gasteiger partial charge in [0.05, 0.1) is 19.4 Å². The van der Waals surface area contributed by atoms with Crippen LogP contribution in [0.3, 0.4) is 0 Å². The number of nitrogens with one attached hydrogen (secondary N) is 1. The number of hydrogen-bond donors (Lipinski definition) is 3. The van der Waals surface area contributed by atoms with Gasteiger partial charge in [-0.2, -0.15) is 0 Å². The highest BCUT2D eigenvalue weighted by Crippen LogP contribution is 2.12. The number of aliphatic hydroxyl groups is 1. The van der Waals surface area contributed by atoms with Gasteiger partial charge in [-0.25, -0.2) is 9.55 Å². The van der Waals surface area contributed by atoms with Gasteiger partial charge >= 0.3 is 5.97 Å². The summed E-state index contributed by atoms with van der Waals surface area (Å²) < 4.78 is 1.74. The van der Waals surface area contributed by atoms with Gasteiger partial charge in [-0.15, -0.1) is 0 Å². The SMILES string of the molecule is CCCCCCCCCCCC(=O)c1c[n+](CCO)c(CCC(=O)O)[nH]1. The minimum absolute atomic E-state index is 0.00215. The Morgan fingerprint density at radius 1 is 1.00 bits per heavy atom. The predicted octanol–water partition coefficient (Wildman–Crippen LogP) is 3.42. The lowest BCUT2D eigenvalue weighted by Gasteiger charge is -2.01. The Kier molecular flexibility index (Phi) is 11.6. The van der Waals surface area contributed by atoms with E-state index in [1.807, 2.05) is 0 Å². The van der Waals surface area contributed by atoms with Crippen molar-refractivity contribution in [2.24, 2.45) is 0 Å². The van der Waals surface area contributed by atoms with Gasteiger partial charge in [0.1, 0.15) is 12.7 Å². The average molecular weight is 368 g/mol. The van der Waals surface area contributed by atoms with E-state index in [9.17, 15) is 9.59 Å². The Balaban J connectivity index is 2.32. The number of aliphatic hydroxyl groups excluding tert-OH is 1. The number of carbonyl (C=O) groups is 2. The summed E-state index contributed by atoms with van der Waals surface area (Å²) in [6, 6.07) is 0. The summed E-state index contributed by atoms with van der Waals surface area (Å²) in [5.41, 5.74) is 0.512. The molecular formula is C20H35N2O4+. The lowest BCUT2D eigenvalue weighted by atomic mass is 10.0. The lowest BCUT2D eigenvalue weighted by molar-refractivity contribution is -0.704. The van der Waals surface area contributed by atoms with E-state index in [4.69, 9.17) is 10.2 Å². The van der Waals surface area contributed by atoms with Crippen molar-refractivity contribution in [2.75, 3.05) is 6.61 Å². The van der Waals surface area contributed by atoms with Crippen LogP contribution in [0, 0.1) is 0 Å². The molecule has 0 aliphatic heterocycles. The highest BCUT2D eigenvalue weighted by atomic mass is 16.4. The molecule has 148 valence electrons. The second-order valence-corrected chi connectivity index (χ2v) is 6.93. The zero-order valence-electron chi connectivity index (χ0n) is 16.1. The minimum Gasteiger partial charge on any atom is -0.481 e. The topological polar surface area (TPSA) is 94.3 Å². The number of imidazole rings is 1. The van der Waals surface area contributed by atoms with Crippen LogP contribution in [0.15, 0.2) is 6.20 Å². The van der Waals surface area contributed by atoms with Crippen LogP contribution in [0.25, 0.3) is 0 Å². The van der Waals surface area contributed by atoms with Gasteiger partial charge in [-0.05, 0) is 6.42 Å². The Morgan fingerprint density at radius 3 is 2.19 bits per heavy atom. The molecule has 0 bridgehead atoms. The van der Waals surface area contributed by atoms with E-state index in [1.165, 1.54) is 44.9 Å². The predicted molar refractivity (Wildman–Crippen MR) is 100 cm³/mol. The summed E-state index contributed by atoms with van der Waals surface area (Å²) in [5.74, 6) is -0.143. The van der Waals surface area contributed by atoms with E-state index >= 15 is 0 Å². The van der Waals surface area contributed by atoms with Gasteiger partial charge in [0.15, 0.2) is 0 Å². The van der Waals surface area contributed by atoms with Crippen molar-refractivity contribution in [1.29, 1.82) is 0 Å². The zero-order chi connectivity index (χ0) is 19.2. The molecule has 6 heteroatoms. The summed E-state index contributed by atoms with van der Waals surface area (Å²) >= 11 is 0. The monoisotopic (exact) mass is 367 g/mol. The van der Waals surface area contributed by atoms with E-state index in [-0.39, 0.29) is 18.8 Å². The molecule has 1 heterocycles. The van der Waals surface area contributed by atoms with Crippen LogP contribution in [0.5, 0.6) is 0 Å². The van der Waals surface area contributed by atoms with Gasteiger partial charge in [-0.3, -0.25) is 9.59 Å². The van der Waals surface area contributed by atoms with E-state index < -0.39 is 5.97 Å². The third-order valence-corrected chi connectivity index (χ3v) is 4.63. The fourth-order valence-electron chi connectivity index (χ4n) is 3.10. The number of carboxylic acids is 1. The Labute approximate surface area is 156 Å². The van der Waals surface area contributed by atoms with Crippen LogP contribution >= 0.6 is 0 Å². The molecule has 0 fully saturated rings. The van der Waals surface area contributed by atoms with Crippen molar-refractivity contribution in [1.82, 2.24) is 4.98 Å². The number of nitrogens with zero attached hydrogens (tertiary/aromatic N) is 1. The Morgan fingerprint density at radius 2 is 1.62 bits per heavy atom. The van der Waals surface area contributed by atoms with Crippen molar-refractivity contribution >= 4 is 11.8 Å². The number of hydrogen-bond acceptors (Lipinski definition) is 3. The van der Waals surface area contributed by atoms with Crippen LogP contribution in [0.1, 0.15) is 93.9 Å². The quantitative estimate of drug-likeness (QED) is 0.237. The number of aromatic nitrogens is 2. The van der Waals surface area contributed by atoms with E-state index in [0.29, 0.717) is 30.9 Å². The van der Waals surface area contributed by atoms with Gasteiger partial charge < -0.3 is 10.2 Å². The normalized spacial score (nSPS) is 11.0. The summed E-state index contributed by atoms with van der Waals surface area (Å²) in [7, 11) is 0. The molecule has 0 atom stereocenters. The molecule has 0 aliphatic rings. The number of carbonyl (C=O) groups excluding carboxylic acids is 1. The smallest absolute Gasteiger partial charge is 0.303 e. The molecule has 6 nitrogen and oxygen atoms in total. The van der Waals surface area contributed by atoms with Gasteiger partial charge in [0.25, 0.3) is 5.82 Å². The van der Waals surface area contributed by atoms with Crippen molar-refractivity contribution in [3.8, 4) is 0 Å². The van der Waals surface area contributed by atoms with Crippen LogP contribution in [0.2, 0.25) is 0 Å². The van der Waals surface area contributed by atoms with Crippen LogP contribution < -0.4 is 4.57 Å². The molecule has 26 heavy (non-hydrogen) atoms. The number of H-pyrrole nitrogens is 1. The minimum atomic E-state index is -0.877. The van der Waals surface area contributed by atoms with Crippen LogP contribution in [-0.4, -0.2) is 33.6 Å². The standard InChI is InChI=1S/C20H34N2O4/c1-2-3-4-5-6-7-8-9-10-11-18(24)17-16-22(14-15-23)19(21-17)12-13-20(25)26/h16,23H,2-15H2,1H3,(H,25,26)/p+1. The van der Waals surface area contributed by atoms with Crippen molar-refractivity contribution in [3.05, 3.63) is 17.7 Å². The number of aromatic amines is 1. The highest BCUT2D eigenvalue weighted by molar-refractivity contribution is 5.93. The first-order valence-corrected chi connectivity index (χ1v) is 10.1. The maximum Gasteiger partial charge on any atom is 0.303 e. The van der Waals surface area contributed by atoms with Crippen molar-refractivity contribution in [3.63, 3.8) is 0 Å². The molecule has 0 saturated carbocycles. The third-order valence-electron chi connectivity index (χ3n) is 4.63. The fourth-order valence-corrected chi connectivity index (χ4v) is 3.10. The summed E-state index contributed by atoms with van der Waals surface area (Å²) in [6.07, 6.45) is 13.5. The van der Waals surface area contributed by atoms with Gasteiger partial charge in [0.2, 0.25) is 11.5 Å². The number of rotatable bonds is 16. The largest absolute Gasteiger partial charge is 0.481 e. The third kappa shape index (κ3) is 9.13. The first-order valence-electron chi connectivity index (χ1n) is 10.1. The molecule has 1 rings (SSSR count). The fraction of sp³-hybridized carbons (Fsp3) is 0.750. The molecule has 0 aromatic carbocycles. The molecular weight excluding hydrogens is 332 g/mol. The zero-order valence-corrected chi connectivity index (χ0v) is 16.1. The molecule has 0 saturated heterocycles. The number of Topliss-reactive ketones (excluding diaryl/α,β-unsaturated/α-hetero) is 1. The second kappa shape index (κ2) is 13.5. The molecule has 0 unspecified atom stereocenters. The second-order valence-electron chi connectivity index (χ2n) is 6.93. The number of aryl methyl sites for hydroxylation is 1. The maximum absolute atomic E-state index is 12.3. The lowest BCUT2D eigenvalue weighted by Crippen LogP contribution is -2.38. The first kappa shape index (κ1) is 22.4. The first-order chi connectivity index (χ1) is 12.6. The van der Waals surface area contributed by atoms with E-state index in [0.717, 1.165) is 12.8 Å². The molecule has 0 amide bonds. The Bertz CT molecular complexity index is 540.